The number of nitrogens with zero attached hydrogens (tertiary/aromatic N) is 1. The maximum Gasteiger partial charge on any atom is 0.313 e. The van der Waals surface area contributed by atoms with Crippen LogP contribution in [-0.4, -0.2) is 43.7 Å². The van der Waals surface area contributed by atoms with Gasteiger partial charge in [-0.25, -0.2) is 8.42 Å². The Hall–Kier alpha value is -2.71. The maximum absolute atomic E-state index is 13.2. The van der Waals surface area contributed by atoms with Gasteiger partial charge in [-0.1, -0.05) is 30.3 Å². The van der Waals surface area contributed by atoms with Crippen molar-refractivity contribution in [1.82, 2.24) is 9.62 Å². The quantitative estimate of drug-likeness (QED) is 0.695. The second kappa shape index (κ2) is 9.20. The predicted octanol–water partition coefficient (Wildman–Crippen LogP) is 2.83. The summed E-state index contributed by atoms with van der Waals surface area (Å²) < 4.78 is 27.9. The zero-order chi connectivity index (χ0) is 22.8. The molecule has 1 unspecified atom stereocenters. The molecule has 31 heavy (non-hydrogen) atoms. The molecule has 0 aromatic heterocycles. The van der Waals surface area contributed by atoms with Gasteiger partial charge in [-0.2, -0.15) is 4.31 Å². The van der Waals surface area contributed by atoms with Crippen LogP contribution in [0.1, 0.15) is 35.1 Å². The Kier molecular flexibility index (Phi) is 6.81. The minimum Gasteiger partial charge on any atom is -0.346 e. The molecule has 1 aliphatic rings. The highest BCUT2D eigenvalue weighted by Crippen LogP contribution is 2.28. The second-order valence-electron chi connectivity index (χ2n) is 8.11. The Morgan fingerprint density at radius 3 is 2.35 bits per heavy atom. The topological polar surface area (TPSA) is 95.6 Å². The van der Waals surface area contributed by atoms with Crippen molar-refractivity contribution >= 4 is 27.5 Å². The van der Waals surface area contributed by atoms with Gasteiger partial charge in [0.05, 0.1) is 4.90 Å². The summed E-state index contributed by atoms with van der Waals surface area (Å²) in [5.41, 5.74) is 3.90. The molecule has 0 bridgehead atoms. The molecule has 1 aliphatic heterocycles. The van der Waals surface area contributed by atoms with Gasteiger partial charge in [0.1, 0.15) is 0 Å². The minimum atomic E-state index is -3.69. The van der Waals surface area contributed by atoms with Crippen LogP contribution in [0.2, 0.25) is 0 Å². The van der Waals surface area contributed by atoms with Gasteiger partial charge in [-0.05, 0) is 68.9 Å². The van der Waals surface area contributed by atoms with E-state index in [9.17, 15) is 18.0 Å². The molecule has 2 N–H and O–H groups in total. The van der Waals surface area contributed by atoms with Crippen LogP contribution in [0.5, 0.6) is 0 Å². The molecule has 1 atom stereocenters. The van der Waals surface area contributed by atoms with Crippen molar-refractivity contribution in [1.29, 1.82) is 0 Å². The van der Waals surface area contributed by atoms with Crippen molar-refractivity contribution in [2.24, 2.45) is 0 Å². The summed E-state index contributed by atoms with van der Waals surface area (Å²) in [7, 11) is -3.69. The summed E-state index contributed by atoms with van der Waals surface area (Å²) in [6.07, 6.45) is 1.34. The first-order chi connectivity index (χ1) is 14.6. The van der Waals surface area contributed by atoms with Crippen molar-refractivity contribution in [2.45, 2.75) is 51.5 Å². The molecular formula is C23H29N3O4S. The molecule has 166 valence electrons. The number of anilines is 1. The Bertz CT molecular complexity index is 1090. The molecule has 1 saturated heterocycles. The third-order valence-electron chi connectivity index (χ3n) is 5.68. The average molecular weight is 444 g/mol. The zero-order valence-electron chi connectivity index (χ0n) is 18.4. The van der Waals surface area contributed by atoms with Gasteiger partial charge in [0.25, 0.3) is 0 Å². The third kappa shape index (κ3) is 4.97. The van der Waals surface area contributed by atoms with Crippen molar-refractivity contribution in [3.8, 4) is 0 Å². The molecule has 1 heterocycles. The van der Waals surface area contributed by atoms with E-state index in [-0.39, 0.29) is 12.6 Å². The molecule has 2 aromatic carbocycles. The summed E-state index contributed by atoms with van der Waals surface area (Å²) in [4.78, 5) is 25.0. The van der Waals surface area contributed by atoms with Crippen LogP contribution in [0.3, 0.4) is 0 Å². The summed E-state index contributed by atoms with van der Waals surface area (Å²) in [6.45, 7) is 7.82. The SMILES string of the molecule is Cc1ccc(C)c(S(=O)(=O)N2CCCC2CNC(=O)C(=O)Nc2c(C)cccc2C)c1. The highest BCUT2D eigenvalue weighted by atomic mass is 32.2. The molecule has 1 fully saturated rings. The Morgan fingerprint density at radius 2 is 1.68 bits per heavy atom. The second-order valence-corrected chi connectivity index (χ2v) is 9.97. The van der Waals surface area contributed by atoms with Gasteiger partial charge < -0.3 is 10.6 Å². The standard InChI is InChI=1S/C23H29N3O4S/c1-15-10-11-16(2)20(13-15)31(29,30)26-12-6-9-19(26)14-24-22(27)23(28)25-21-17(3)7-5-8-18(21)4/h5,7-8,10-11,13,19H,6,9,12,14H2,1-4H3,(H,24,27)(H,25,28). The highest BCUT2D eigenvalue weighted by Gasteiger charge is 2.36. The van der Waals surface area contributed by atoms with E-state index in [2.05, 4.69) is 10.6 Å². The lowest BCUT2D eigenvalue weighted by Crippen LogP contribution is -2.45. The molecule has 2 amide bonds. The van der Waals surface area contributed by atoms with Crippen LogP contribution < -0.4 is 10.6 Å². The van der Waals surface area contributed by atoms with Crippen LogP contribution in [0.4, 0.5) is 5.69 Å². The highest BCUT2D eigenvalue weighted by molar-refractivity contribution is 7.89. The summed E-state index contributed by atoms with van der Waals surface area (Å²) in [5.74, 6) is -1.54. The molecule has 0 aliphatic carbocycles. The first kappa shape index (κ1) is 23.0. The average Bonchev–Trinajstić information content (AvgIpc) is 3.20. The number of amides is 2. The minimum absolute atomic E-state index is 0.0864. The van der Waals surface area contributed by atoms with Crippen LogP contribution in [-0.2, 0) is 19.6 Å². The molecule has 0 saturated carbocycles. The summed E-state index contributed by atoms with van der Waals surface area (Å²) in [5, 5.41) is 5.26. The Labute approximate surface area is 183 Å². The number of carbonyl (C=O) groups excluding carboxylic acids is 2. The van der Waals surface area contributed by atoms with Crippen molar-refractivity contribution in [2.75, 3.05) is 18.4 Å². The van der Waals surface area contributed by atoms with Gasteiger partial charge in [0.2, 0.25) is 10.0 Å². The van der Waals surface area contributed by atoms with E-state index >= 15 is 0 Å². The van der Waals surface area contributed by atoms with Gasteiger partial charge in [-0.15, -0.1) is 0 Å². The lowest BCUT2D eigenvalue weighted by Gasteiger charge is -2.25. The fourth-order valence-corrected chi connectivity index (χ4v) is 5.92. The van der Waals surface area contributed by atoms with Gasteiger partial charge in [0.15, 0.2) is 0 Å². The lowest BCUT2D eigenvalue weighted by molar-refractivity contribution is -0.136. The number of para-hydroxylation sites is 1. The van der Waals surface area contributed by atoms with Crippen LogP contribution in [0.15, 0.2) is 41.3 Å². The number of hydrogen-bond donors (Lipinski definition) is 2. The van der Waals surface area contributed by atoms with Gasteiger partial charge >= 0.3 is 11.8 Å². The van der Waals surface area contributed by atoms with E-state index in [1.54, 1.807) is 19.1 Å². The lowest BCUT2D eigenvalue weighted by atomic mass is 10.1. The van der Waals surface area contributed by atoms with Crippen LogP contribution >= 0.6 is 0 Å². The number of hydrogen-bond acceptors (Lipinski definition) is 4. The van der Waals surface area contributed by atoms with E-state index < -0.39 is 21.8 Å². The molecular weight excluding hydrogens is 414 g/mol. The number of rotatable bonds is 5. The van der Waals surface area contributed by atoms with E-state index in [1.165, 1.54) is 4.31 Å². The molecule has 0 radical (unpaired) electrons. The number of sulfonamides is 1. The first-order valence-corrected chi connectivity index (χ1v) is 11.8. The van der Waals surface area contributed by atoms with E-state index in [0.29, 0.717) is 35.5 Å². The third-order valence-corrected chi connectivity index (χ3v) is 7.77. The van der Waals surface area contributed by atoms with Crippen molar-refractivity contribution < 1.29 is 18.0 Å². The predicted molar refractivity (Wildman–Crippen MR) is 120 cm³/mol. The largest absolute Gasteiger partial charge is 0.346 e. The van der Waals surface area contributed by atoms with E-state index in [0.717, 1.165) is 16.7 Å². The molecule has 0 spiro atoms. The fraction of sp³-hybridized carbons (Fsp3) is 0.391. The van der Waals surface area contributed by atoms with E-state index in [1.807, 2.05) is 45.0 Å². The van der Waals surface area contributed by atoms with Crippen molar-refractivity contribution in [3.63, 3.8) is 0 Å². The monoisotopic (exact) mass is 443 g/mol. The first-order valence-electron chi connectivity index (χ1n) is 10.4. The van der Waals surface area contributed by atoms with Gasteiger partial charge in [-0.3, -0.25) is 9.59 Å². The number of nitrogens with one attached hydrogen (secondary N) is 2. The Morgan fingerprint density at radius 1 is 1.00 bits per heavy atom. The molecule has 8 heteroatoms. The van der Waals surface area contributed by atoms with Crippen LogP contribution in [0, 0.1) is 27.7 Å². The zero-order valence-corrected chi connectivity index (χ0v) is 19.2. The Balaban J connectivity index is 1.67. The normalized spacial score (nSPS) is 16.8. The van der Waals surface area contributed by atoms with E-state index in [4.69, 9.17) is 0 Å². The fourth-order valence-electron chi connectivity index (χ4n) is 3.91. The van der Waals surface area contributed by atoms with Crippen molar-refractivity contribution in [3.05, 3.63) is 58.7 Å². The van der Waals surface area contributed by atoms with Crippen LogP contribution in [0.25, 0.3) is 0 Å². The number of aryl methyl sites for hydroxylation is 4. The number of carbonyl (C=O) groups is 2. The maximum atomic E-state index is 13.2. The summed E-state index contributed by atoms with van der Waals surface area (Å²) >= 11 is 0. The smallest absolute Gasteiger partial charge is 0.313 e. The molecule has 3 rings (SSSR count). The number of benzene rings is 2. The van der Waals surface area contributed by atoms with Gasteiger partial charge in [0, 0.05) is 24.8 Å². The molecule has 7 nitrogen and oxygen atoms in total. The molecule has 2 aromatic rings. The summed E-state index contributed by atoms with van der Waals surface area (Å²) in [6, 6.07) is 10.6.